The van der Waals surface area contributed by atoms with Gasteiger partial charge in [-0.1, -0.05) is 24.6 Å². The van der Waals surface area contributed by atoms with Crippen molar-refractivity contribution in [2.45, 2.75) is 49.6 Å². The second-order valence-electron chi connectivity index (χ2n) is 8.07. The number of carbonyl (C=O) groups excluding carboxylic acids is 2. The standard InChI is InChI=1S/C22H30N4O7S/c23-19(26-34(29,30)17-7-2-1-3-8-17)15-21(27)32-22(28)18-14-20(25-33-18)31-13-5-4-6-16-9-11-24-12-10-16/h1-3,7-8,14,16,19,24,26H,4-6,9-13,15,23H2/t19-/m0/s1. The van der Waals surface area contributed by atoms with E-state index in [0.29, 0.717) is 6.61 Å². The fourth-order valence-corrected chi connectivity index (χ4v) is 4.72. The van der Waals surface area contributed by atoms with Gasteiger partial charge >= 0.3 is 11.9 Å². The third-order valence-corrected chi connectivity index (χ3v) is 6.86. The molecule has 1 aromatic carbocycles. The number of unbranched alkanes of at least 4 members (excludes halogenated alkanes) is 1. The topological polar surface area (TPSA) is 163 Å². The van der Waals surface area contributed by atoms with Gasteiger partial charge in [0.05, 0.1) is 30.2 Å². The first-order chi connectivity index (χ1) is 16.3. The van der Waals surface area contributed by atoms with E-state index < -0.39 is 34.5 Å². The van der Waals surface area contributed by atoms with Gasteiger partial charge in [0.25, 0.3) is 5.88 Å². The smallest absolute Gasteiger partial charge is 0.384 e. The lowest BCUT2D eigenvalue weighted by molar-refractivity contribution is -0.138. The minimum atomic E-state index is -3.92. The molecule has 0 saturated carbocycles. The summed E-state index contributed by atoms with van der Waals surface area (Å²) < 4.78 is 41.6. The number of hydrogen-bond acceptors (Lipinski definition) is 10. The highest BCUT2D eigenvalue weighted by molar-refractivity contribution is 7.89. The zero-order chi connectivity index (χ0) is 24.4. The van der Waals surface area contributed by atoms with Crippen molar-refractivity contribution in [2.75, 3.05) is 19.7 Å². The third kappa shape index (κ3) is 8.20. The maximum Gasteiger partial charge on any atom is 0.384 e. The highest BCUT2D eigenvalue weighted by Crippen LogP contribution is 2.19. The van der Waals surface area contributed by atoms with E-state index in [0.717, 1.165) is 38.3 Å². The molecule has 3 rings (SSSR count). The maximum atomic E-state index is 12.2. The zero-order valence-corrected chi connectivity index (χ0v) is 19.6. The first kappa shape index (κ1) is 25.8. The highest BCUT2D eigenvalue weighted by atomic mass is 32.2. The molecule has 1 aromatic heterocycles. The highest BCUT2D eigenvalue weighted by Gasteiger charge is 2.23. The van der Waals surface area contributed by atoms with Crippen molar-refractivity contribution >= 4 is 22.0 Å². The Bertz CT molecular complexity index is 1040. The Labute approximate surface area is 198 Å². The lowest BCUT2D eigenvalue weighted by Gasteiger charge is -2.22. The number of esters is 2. The van der Waals surface area contributed by atoms with Crippen LogP contribution in [0.3, 0.4) is 0 Å². The van der Waals surface area contributed by atoms with E-state index in [1.807, 2.05) is 0 Å². The molecule has 0 bridgehead atoms. The number of carbonyl (C=O) groups is 2. The van der Waals surface area contributed by atoms with Gasteiger partial charge in [-0.15, -0.1) is 0 Å². The molecule has 186 valence electrons. The van der Waals surface area contributed by atoms with Gasteiger partial charge in [-0.25, -0.2) is 13.2 Å². The monoisotopic (exact) mass is 494 g/mol. The van der Waals surface area contributed by atoms with Gasteiger partial charge in [-0.05, 0) is 62.0 Å². The second kappa shape index (κ2) is 12.6. The maximum absolute atomic E-state index is 12.2. The Hall–Kier alpha value is -2.80. The van der Waals surface area contributed by atoms with Crippen molar-refractivity contribution in [2.24, 2.45) is 11.7 Å². The number of nitrogens with two attached hydrogens (primary N) is 1. The van der Waals surface area contributed by atoms with E-state index in [1.165, 1.54) is 31.0 Å². The summed E-state index contributed by atoms with van der Waals surface area (Å²) in [7, 11) is -3.92. The van der Waals surface area contributed by atoms with E-state index in [4.69, 9.17) is 15.0 Å². The predicted molar refractivity (Wildman–Crippen MR) is 121 cm³/mol. The van der Waals surface area contributed by atoms with Crippen LogP contribution in [-0.2, 0) is 19.6 Å². The van der Waals surface area contributed by atoms with Crippen LogP contribution in [0.5, 0.6) is 5.88 Å². The van der Waals surface area contributed by atoms with Crippen LogP contribution in [0.15, 0.2) is 45.8 Å². The number of nitrogens with zero attached hydrogens (tertiary/aromatic N) is 1. The molecule has 1 aliphatic rings. The summed E-state index contributed by atoms with van der Waals surface area (Å²) in [5.74, 6) is -1.53. The molecule has 2 heterocycles. The molecule has 4 N–H and O–H groups in total. The van der Waals surface area contributed by atoms with E-state index in [9.17, 15) is 18.0 Å². The van der Waals surface area contributed by atoms with Gasteiger partial charge in [0.1, 0.15) is 0 Å². The Balaban J connectivity index is 1.36. The molecule has 34 heavy (non-hydrogen) atoms. The van der Waals surface area contributed by atoms with Gasteiger partial charge in [0, 0.05) is 0 Å². The minimum absolute atomic E-state index is 0.00429. The van der Waals surface area contributed by atoms with E-state index in [-0.39, 0.29) is 16.5 Å². The first-order valence-electron chi connectivity index (χ1n) is 11.2. The van der Waals surface area contributed by atoms with E-state index in [1.54, 1.807) is 18.2 Å². The van der Waals surface area contributed by atoms with Crippen LogP contribution in [0, 0.1) is 5.92 Å². The number of sulfonamides is 1. The Morgan fingerprint density at radius 2 is 1.94 bits per heavy atom. The molecule has 1 atom stereocenters. The normalized spacial score (nSPS) is 15.6. The number of aromatic nitrogens is 1. The molecule has 0 unspecified atom stereocenters. The quantitative estimate of drug-likeness (QED) is 0.171. The number of piperidine rings is 1. The van der Waals surface area contributed by atoms with Crippen LogP contribution in [0.25, 0.3) is 0 Å². The molecule has 0 aliphatic carbocycles. The summed E-state index contributed by atoms with van der Waals surface area (Å²) in [6.45, 7) is 2.59. The molecular formula is C22H30N4O7S. The molecule has 0 radical (unpaired) electrons. The number of rotatable bonds is 12. The average molecular weight is 495 g/mol. The van der Waals surface area contributed by atoms with Crippen molar-refractivity contribution in [1.29, 1.82) is 0 Å². The van der Waals surface area contributed by atoms with Crippen LogP contribution in [-0.4, -0.2) is 51.4 Å². The lowest BCUT2D eigenvalue weighted by atomic mass is 9.93. The van der Waals surface area contributed by atoms with Crippen LogP contribution in [0.2, 0.25) is 0 Å². The fraction of sp³-hybridized carbons (Fsp3) is 0.500. The Kier molecular flexibility index (Phi) is 9.57. The largest absolute Gasteiger partial charge is 0.475 e. The van der Waals surface area contributed by atoms with Crippen LogP contribution in [0.4, 0.5) is 0 Å². The number of hydrogen-bond donors (Lipinski definition) is 3. The molecule has 0 amide bonds. The van der Waals surface area contributed by atoms with Gasteiger partial charge in [0.15, 0.2) is 0 Å². The fourth-order valence-electron chi connectivity index (χ4n) is 3.59. The summed E-state index contributed by atoms with van der Waals surface area (Å²) >= 11 is 0. The number of ether oxygens (including phenoxy) is 2. The van der Waals surface area contributed by atoms with Crippen molar-refractivity contribution in [3.05, 3.63) is 42.2 Å². The van der Waals surface area contributed by atoms with E-state index >= 15 is 0 Å². The van der Waals surface area contributed by atoms with Crippen molar-refractivity contribution in [3.8, 4) is 5.88 Å². The van der Waals surface area contributed by atoms with Crippen LogP contribution in [0.1, 0.15) is 49.1 Å². The molecule has 12 heteroatoms. The van der Waals surface area contributed by atoms with Crippen molar-refractivity contribution in [3.63, 3.8) is 0 Å². The Morgan fingerprint density at radius 3 is 2.68 bits per heavy atom. The molecule has 2 aromatic rings. The molecule has 1 fully saturated rings. The van der Waals surface area contributed by atoms with Gasteiger partial charge < -0.3 is 25.0 Å². The summed E-state index contributed by atoms with van der Waals surface area (Å²) in [4.78, 5) is 24.1. The van der Waals surface area contributed by atoms with Gasteiger partial charge in [-0.3, -0.25) is 4.79 Å². The SMILES string of the molecule is N[C@H](CC(=O)OC(=O)c1cc(OCCCCC2CCNCC2)no1)NS(=O)(=O)c1ccccc1. The summed E-state index contributed by atoms with van der Waals surface area (Å²) in [6.07, 6.45) is 3.62. The van der Waals surface area contributed by atoms with Gasteiger partial charge in [-0.2, -0.15) is 4.72 Å². The van der Waals surface area contributed by atoms with Gasteiger partial charge in [0.2, 0.25) is 15.8 Å². The molecule has 1 aliphatic heterocycles. The lowest BCUT2D eigenvalue weighted by Crippen LogP contribution is -2.43. The van der Waals surface area contributed by atoms with Crippen molar-refractivity contribution < 1.29 is 32.0 Å². The predicted octanol–water partition coefficient (Wildman–Crippen LogP) is 1.56. The van der Waals surface area contributed by atoms with Crippen molar-refractivity contribution in [1.82, 2.24) is 15.2 Å². The molecule has 0 spiro atoms. The average Bonchev–Trinajstić information content (AvgIpc) is 3.29. The minimum Gasteiger partial charge on any atom is -0.475 e. The zero-order valence-electron chi connectivity index (χ0n) is 18.8. The number of nitrogens with one attached hydrogen (secondary N) is 2. The molecular weight excluding hydrogens is 464 g/mol. The number of benzene rings is 1. The summed E-state index contributed by atoms with van der Waals surface area (Å²) in [5.41, 5.74) is 5.68. The summed E-state index contributed by atoms with van der Waals surface area (Å²) in [5, 5.41) is 6.99. The summed E-state index contributed by atoms with van der Waals surface area (Å²) in [6, 6.07) is 8.78. The third-order valence-electron chi connectivity index (χ3n) is 5.36. The molecule has 1 saturated heterocycles. The Morgan fingerprint density at radius 1 is 1.21 bits per heavy atom. The van der Waals surface area contributed by atoms with Crippen LogP contribution >= 0.6 is 0 Å². The van der Waals surface area contributed by atoms with E-state index in [2.05, 4.69) is 19.9 Å². The van der Waals surface area contributed by atoms with Crippen LogP contribution < -0.4 is 20.5 Å². The first-order valence-corrected chi connectivity index (χ1v) is 12.7. The molecule has 11 nitrogen and oxygen atoms in total. The second-order valence-corrected chi connectivity index (χ2v) is 9.79.